The molecule has 0 spiro atoms. The number of hydrogen-bond donors (Lipinski definition) is 2. The molecule has 8 nitrogen and oxygen atoms in total. The van der Waals surface area contributed by atoms with Crippen molar-refractivity contribution in [2.75, 3.05) is 11.5 Å². The maximum absolute atomic E-state index is 13.5. The number of nitrogens with zero attached hydrogens (tertiary/aromatic N) is 3. The van der Waals surface area contributed by atoms with Gasteiger partial charge < -0.3 is 14.9 Å². The summed E-state index contributed by atoms with van der Waals surface area (Å²) < 4.78 is 6.10. The number of benzene rings is 3. The fraction of sp³-hybridized carbons (Fsp3) is 0.133. The highest BCUT2D eigenvalue weighted by Crippen LogP contribution is 2.45. The van der Waals surface area contributed by atoms with E-state index in [9.17, 15) is 19.8 Å². The molecule has 1 amide bonds. The van der Waals surface area contributed by atoms with Gasteiger partial charge in [0.05, 0.1) is 18.2 Å². The molecule has 5 rings (SSSR count). The SMILES string of the molecule is CCOc1cc(C2C(C(=O)/C=C/c3ccccc3)=C(O)C(=O)N2c2nnc(SCc3ccc(Cl)cc3Cl)s2)ccc1O. The molecule has 1 atom stereocenters. The molecule has 0 aliphatic carbocycles. The molecule has 0 bridgehead atoms. The number of phenols is 1. The smallest absolute Gasteiger partial charge is 0.296 e. The molecule has 1 aliphatic rings. The fourth-order valence-electron chi connectivity index (χ4n) is 4.30. The number of amides is 1. The molecule has 12 heteroatoms. The van der Waals surface area contributed by atoms with Crippen LogP contribution in [0.1, 0.15) is 29.7 Å². The molecule has 1 aliphatic heterocycles. The van der Waals surface area contributed by atoms with Crippen LogP contribution in [0.4, 0.5) is 5.13 Å². The van der Waals surface area contributed by atoms with Crippen molar-refractivity contribution < 1.29 is 24.5 Å². The molecule has 2 heterocycles. The summed E-state index contributed by atoms with van der Waals surface area (Å²) in [7, 11) is 0. The number of aliphatic hydroxyl groups excluding tert-OH is 1. The van der Waals surface area contributed by atoms with E-state index >= 15 is 0 Å². The zero-order valence-corrected chi connectivity index (χ0v) is 25.2. The van der Waals surface area contributed by atoms with Gasteiger partial charge in [-0.2, -0.15) is 0 Å². The van der Waals surface area contributed by atoms with Crippen LogP contribution in [0, 0.1) is 0 Å². The average Bonchev–Trinajstić information content (AvgIpc) is 3.55. The summed E-state index contributed by atoms with van der Waals surface area (Å²) in [5.74, 6) is -1.48. The summed E-state index contributed by atoms with van der Waals surface area (Å²) in [5, 5.41) is 31.0. The molecule has 0 saturated heterocycles. The van der Waals surface area contributed by atoms with Gasteiger partial charge in [-0.3, -0.25) is 14.5 Å². The standard InChI is InChI=1S/C30H23Cl2N3O5S2/c1-2-40-24-14-18(10-13-22(24)36)26-25(23(37)12-8-17-6-4-3-5-7-17)27(38)28(39)35(26)29-33-34-30(42-29)41-16-19-9-11-20(31)15-21(19)32/h3-15,26,36,38H,2,16H2,1H3/b12-8+. The van der Waals surface area contributed by atoms with Crippen molar-refractivity contribution in [3.05, 3.63) is 111 Å². The predicted molar refractivity (Wildman–Crippen MR) is 166 cm³/mol. The van der Waals surface area contributed by atoms with Gasteiger partial charge in [-0.1, -0.05) is 94.8 Å². The van der Waals surface area contributed by atoms with E-state index in [1.807, 2.05) is 36.4 Å². The Bertz CT molecular complexity index is 1710. The number of halogens is 2. The maximum Gasteiger partial charge on any atom is 0.296 e. The van der Waals surface area contributed by atoms with Crippen molar-refractivity contribution >= 4 is 69.2 Å². The summed E-state index contributed by atoms with van der Waals surface area (Å²) in [6.45, 7) is 2.05. The second-order valence-electron chi connectivity index (χ2n) is 8.98. The molecule has 214 valence electrons. The van der Waals surface area contributed by atoms with Gasteiger partial charge in [-0.05, 0) is 54.0 Å². The first-order valence-corrected chi connectivity index (χ1v) is 15.2. The van der Waals surface area contributed by atoms with Crippen molar-refractivity contribution in [1.82, 2.24) is 10.2 Å². The lowest BCUT2D eigenvalue weighted by Crippen LogP contribution is -2.30. The van der Waals surface area contributed by atoms with Crippen LogP contribution < -0.4 is 9.64 Å². The minimum absolute atomic E-state index is 0.100. The Morgan fingerprint density at radius 3 is 2.62 bits per heavy atom. The van der Waals surface area contributed by atoms with E-state index in [4.69, 9.17) is 27.9 Å². The highest BCUT2D eigenvalue weighted by Gasteiger charge is 2.45. The van der Waals surface area contributed by atoms with Crippen molar-refractivity contribution in [2.24, 2.45) is 0 Å². The minimum atomic E-state index is -1.05. The Kier molecular flexibility index (Phi) is 9.18. The zero-order chi connectivity index (χ0) is 29.8. The number of hydrogen-bond acceptors (Lipinski definition) is 9. The number of allylic oxidation sites excluding steroid dienone is 1. The number of aromatic hydroxyl groups is 1. The van der Waals surface area contributed by atoms with Gasteiger partial charge in [0.1, 0.15) is 0 Å². The van der Waals surface area contributed by atoms with Crippen molar-refractivity contribution in [3.8, 4) is 11.5 Å². The first kappa shape index (κ1) is 29.7. The highest BCUT2D eigenvalue weighted by atomic mass is 35.5. The molecule has 1 unspecified atom stereocenters. The van der Waals surface area contributed by atoms with Crippen LogP contribution in [0.15, 0.2) is 88.5 Å². The van der Waals surface area contributed by atoms with Crippen LogP contribution in [-0.4, -0.2) is 38.7 Å². The van der Waals surface area contributed by atoms with E-state index < -0.39 is 23.5 Å². The van der Waals surface area contributed by atoms with Crippen LogP contribution in [0.3, 0.4) is 0 Å². The van der Waals surface area contributed by atoms with E-state index in [-0.39, 0.29) is 28.8 Å². The molecule has 42 heavy (non-hydrogen) atoms. The highest BCUT2D eigenvalue weighted by molar-refractivity contribution is 8.00. The van der Waals surface area contributed by atoms with Gasteiger partial charge in [0.2, 0.25) is 5.13 Å². The number of phenolic OH excluding ortho intramolecular Hbond substituents is 1. The van der Waals surface area contributed by atoms with Crippen LogP contribution in [-0.2, 0) is 15.3 Å². The van der Waals surface area contributed by atoms with E-state index in [0.29, 0.717) is 25.7 Å². The number of carbonyl (C=O) groups excluding carboxylic acids is 2. The Morgan fingerprint density at radius 1 is 1.10 bits per heavy atom. The molecule has 0 fully saturated rings. The summed E-state index contributed by atoms with van der Waals surface area (Å²) in [6, 6.07) is 17.9. The van der Waals surface area contributed by atoms with Crippen LogP contribution in [0.2, 0.25) is 10.0 Å². The largest absolute Gasteiger partial charge is 0.504 e. The molecule has 3 aromatic carbocycles. The number of aliphatic hydroxyl groups is 1. The van der Waals surface area contributed by atoms with Gasteiger partial charge in [-0.15, -0.1) is 10.2 Å². The van der Waals surface area contributed by atoms with E-state index in [0.717, 1.165) is 22.5 Å². The summed E-state index contributed by atoms with van der Waals surface area (Å²) in [6.07, 6.45) is 2.92. The molecular weight excluding hydrogens is 617 g/mol. The number of thioether (sulfide) groups is 1. The molecule has 0 radical (unpaired) electrons. The lowest BCUT2D eigenvalue weighted by atomic mass is 9.95. The van der Waals surface area contributed by atoms with Gasteiger partial charge in [0.15, 0.2) is 27.4 Å². The van der Waals surface area contributed by atoms with Crippen LogP contribution in [0.5, 0.6) is 11.5 Å². The van der Waals surface area contributed by atoms with Crippen molar-refractivity contribution in [2.45, 2.75) is 23.1 Å². The number of carbonyl (C=O) groups is 2. The Labute approximate surface area is 259 Å². The minimum Gasteiger partial charge on any atom is -0.504 e. The van der Waals surface area contributed by atoms with Crippen LogP contribution in [0.25, 0.3) is 6.08 Å². The van der Waals surface area contributed by atoms with E-state index in [1.165, 1.54) is 34.9 Å². The van der Waals surface area contributed by atoms with Crippen molar-refractivity contribution in [1.29, 1.82) is 0 Å². The number of ketones is 1. The third-order valence-electron chi connectivity index (χ3n) is 6.27. The molecule has 0 saturated carbocycles. The van der Waals surface area contributed by atoms with Gasteiger partial charge in [-0.25, -0.2) is 0 Å². The monoisotopic (exact) mass is 639 g/mol. The van der Waals surface area contributed by atoms with E-state index in [2.05, 4.69) is 10.2 Å². The number of ether oxygens (including phenoxy) is 1. The van der Waals surface area contributed by atoms with Crippen molar-refractivity contribution in [3.63, 3.8) is 0 Å². The topological polar surface area (TPSA) is 113 Å². The summed E-state index contributed by atoms with van der Waals surface area (Å²) in [4.78, 5) is 28.2. The Morgan fingerprint density at radius 2 is 1.88 bits per heavy atom. The maximum atomic E-state index is 13.5. The second-order valence-corrected chi connectivity index (χ2v) is 12.0. The first-order valence-electron chi connectivity index (χ1n) is 12.7. The normalized spacial score (nSPS) is 15.2. The number of aromatic nitrogens is 2. The molecule has 4 aromatic rings. The molecule has 2 N–H and O–H groups in total. The Hall–Kier alpha value is -3.83. The van der Waals surface area contributed by atoms with Gasteiger partial charge in [0.25, 0.3) is 5.91 Å². The zero-order valence-electron chi connectivity index (χ0n) is 22.0. The summed E-state index contributed by atoms with van der Waals surface area (Å²) >= 11 is 14.8. The first-order chi connectivity index (χ1) is 20.3. The second kappa shape index (κ2) is 13.0. The Balaban J connectivity index is 1.49. The lowest BCUT2D eigenvalue weighted by molar-refractivity contribution is -0.117. The van der Waals surface area contributed by atoms with Gasteiger partial charge in [0, 0.05) is 15.8 Å². The molecule has 1 aromatic heterocycles. The molecular formula is C30H23Cl2N3O5S2. The number of anilines is 1. The predicted octanol–water partition coefficient (Wildman–Crippen LogP) is 7.42. The lowest BCUT2D eigenvalue weighted by Gasteiger charge is -2.24. The van der Waals surface area contributed by atoms with Gasteiger partial charge >= 0.3 is 0 Å². The van der Waals surface area contributed by atoms with E-state index in [1.54, 1.807) is 31.2 Å². The van der Waals surface area contributed by atoms with Crippen LogP contribution >= 0.6 is 46.3 Å². The third kappa shape index (κ3) is 6.32. The fourth-order valence-corrected chi connectivity index (χ4v) is 6.73. The average molecular weight is 641 g/mol. The summed E-state index contributed by atoms with van der Waals surface area (Å²) in [5.41, 5.74) is 1.93. The number of rotatable bonds is 10. The quantitative estimate of drug-likeness (QED) is 0.105. The third-order valence-corrected chi connectivity index (χ3v) is 8.96.